The van der Waals surface area contributed by atoms with Crippen LogP contribution in [-0.4, -0.2) is 11.2 Å². The highest BCUT2D eigenvalue weighted by atomic mass is 16.3. The molecule has 0 saturated heterocycles. The predicted molar refractivity (Wildman–Crippen MR) is 38.4 cm³/mol. The molecule has 4 bridgehead atoms. The molecule has 4 aliphatic carbocycles. The zero-order chi connectivity index (χ0) is 6.72. The van der Waals surface area contributed by atoms with E-state index in [1.807, 2.05) is 0 Å². The fourth-order valence-corrected chi connectivity index (χ4v) is 3.71. The third kappa shape index (κ3) is 0.460. The first kappa shape index (κ1) is 5.59. The lowest BCUT2D eigenvalue weighted by Gasteiger charge is -2.39. The number of fused-ring (bicyclic) bond motifs is 1. The minimum absolute atomic E-state index is 0.109. The van der Waals surface area contributed by atoms with Gasteiger partial charge in [-0.05, 0) is 49.4 Å². The van der Waals surface area contributed by atoms with Crippen LogP contribution in [0.3, 0.4) is 0 Å². The number of hydrogen-bond donors (Lipinski definition) is 1. The van der Waals surface area contributed by atoms with E-state index in [1.165, 1.54) is 25.7 Å². The van der Waals surface area contributed by atoms with Crippen LogP contribution in [0.4, 0.5) is 0 Å². The van der Waals surface area contributed by atoms with Gasteiger partial charge in [0.1, 0.15) is 0 Å². The highest BCUT2D eigenvalue weighted by Gasteiger charge is 2.54. The Hall–Kier alpha value is -0.0400. The Morgan fingerprint density at radius 3 is 2.30 bits per heavy atom. The third-order valence-corrected chi connectivity index (χ3v) is 4.14. The van der Waals surface area contributed by atoms with Crippen LogP contribution in [0.15, 0.2) is 0 Å². The van der Waals surface area contributed by atoms with E-state index in [2.05, 4.69) is 0 Å². The van der Waals surface area contributed by atoms with Crippen molar-refractivity contribution >= 4 is 0 Å². The minimum Gasteiger partial charge on any atom is -0.393 e. The first-order chi connectivity index (χ1) is 4.86. The van der Waals surface area contributed by atoms with Crippen LogP contribution < -0.4 is 0 Å². The van der Waals surface area contributed by atoms with Crippen molar-refractivity contribution in [3.05, 3.63) is 0 Å². The van der Waals surface area contributed by atoms with Gasteiger partial charge in [-0.1, -0.05) is 0 Å². The first-order valence-electron chi connectivity index (χ1n) is 4.54. The fourth-order valence-electron chi connectivity index (χ4n) is 3.71. The zero-order valence-electron chi connectivity index (χ0n) is 6.16. The molecule has 0 aromatic rings. The van der Waals surface area contributed by atoms with E-state index in [4.69, 9.17) is 0 Å². The van der Waals surface area contributed by atoms with Crippen LogP contribution in [0.5, 0.6) is 0 Å². The molecule has 10 heavy (non-hydrogen) atoms. The summed E-state index contributed by atoms with van der Waals surface area (Å²) in [5.74, 6) is 3.29. The monoisotopic (exact) mass is 138 g/mol. The van der Waals surface area contributed by atoms with Crippen LogP contribution in [-0.2, 0) is 0 Å². The summed E-state index contributed by atoms with van der Waals surface area (Å²) in [6.45, 7) is 0. The largest absolute Gasteiger partial charge is 0.393 e. The van der Waals surface area contributed by atoms with Crippen LogP contribution in [0, 0.1) is 23.7 Å². The number of aliphatic hydroxyl groups is 1. The molecule has 0 radical (unpaired) electrons. The minimum atomic E-state index is 0.109. The molecule has 0 aliphatic heterocycles. The lowest BCUT2D eigenvalue weighted by Crippen LogP contribution is -2.37. The summed E-state index contributed by atoms with van der Waals surface area (Å²) in [7, 11) is 0. The second-order valence-corrected chi connectivity index (χ2v) is 4.39. The normalized spacial score (nSPS) is 63.9. The molecule has 4 unspecified atom stereocenters. The molecule has 1 nitrogen and oxygen atoms in total. The summed E-state index contributed by atoms with van der Waals surface area (Å²) < 4.78 is 0. The molecular formula is C9H14O. The molecule has 4 aliphatic rings. The summed E-state index contributed by atoms with van der Waals surface area (Å²) in [6, 6.07) is 0. The van der Waals surface area contributed by atoms with Gasteiger partial charge in [0.15, 0.2) is 0 Å². The standard InChI is InChI=1S/C9H14O/c10-9-7-2-1-5-3-6(7)4-8(5)9/h5-10H,1-4H2/t5?,6?,7?,8?,9-/m1/s1. The lowest BCUT2D eigenvalue weighted by molar-refractivity contribution is -0.0104. The van der Waals surface area contributed by atoms with Crippen molar-refractivity contribution < 1.29 is 5.11 Å². The summed E-state index contributed by atoms with van der Waals surface area (Å²) in [6.07, 6.45) is 5.66. The smallest absolute Gasteiger partial charge is 0.0601 e. The van der Waals surface area contributed by atoms with Crippen molar-refractivity contribution in [1.82, 2.24) is 0 Å². The maximum Gasteiger partial charge on any atom is 0.0601 e. The van der Waals surface area contributed by atoms with Gasteiger partial charge in [-0.2, -0.15) is 0 Å². The van der Waals surface area contributed by atoms with Gasteiger partial charge in [-0.15, -0.1) is 0 Å². The zero-order valence-corrected chi connectivity index (χ0v) is 6.16. The fraction of sp³-hybridized carbons (Fsp3) is 1.00. The molecular weight excluding hydrogens is 124 g/mol. The van der Waals surface area contributed by atoms with E-state index < -0.39 is 0 Å². The first-order valence-corrected chi connectivity index (χ1v) is 4.54. The van der Waals surface area contributed by atoms with Crippen LogP contribution in [0.25, 0.3) is 0 Å². The van der Waals surface area contributed by atoms with Gasteiger partial charge < -0.3 is 5.11 Å². The summed E-state index contributed by atoms with van der Waals surface area (Å²) >= 11 is 0. The van der Waals surface area contributed by atoms with Gasteiger partial charge in [0.05, 0.1) is 6.10 Å². The van der Waals surface area contributed by atoms with Crippen molar-refractivity contribution in [2.24, 2.45) is 23.7 Å². The maximum atomic E-state index is 9.71. The van der Waals surface area contributed by atoms with E-state index in [9.17, 15) is 5.11 Å². The van der Waals surface area contributed by atoms with E-state index in [0.29, 0.717) is 0 Å². The van der Waals surface area contributed by atoms with E-state index in [0.717, 1.165) is 23.7 Å². The highest BCUT2D eigenvalue weighted by molar-refractivity contribution is 5.04. The van der Waals surface area contributed by atoms with E-state index >= 15 is 0 Å². The molecule has 0 spiro atoms. The van der Waals surface area contributed by atoms with Gasteiger partial charge in [-0.25, -0.2) is 0 Å². The SMILES string of the molecule is O[C@@H]1C2CCC3CC2CC31. The molecule has 5 atom stereocenters. The Morgan fingerprint density at radius 1 is 0.900 bits per heavy atom. The van der Waals surface area contributed by atoms with Crippen molar-refractivity contribution in [2.75, 3.05) is 0 Å². The van der Waals surface area contributed by atoms with Crippen LogP contribution in [0.1, 0.15) is 25.7 Å². The average Bonchev–Trinajstić information content (AvgIpc) is 2.41. The Labute approximate surface area is 61.4 Å². The van der Waals surface area contributed by atoms with Crippen LogP contribution in [0.2, 0.25) is 0 Å². The second-order valence-electron chi connectivity index (χ2n) is 4.39. The summed E-state index contributed by atoms with van der Waals surface area (Å²) in [5, 5.41) is 9.71. The molecule has 4 fully saturated rings. The summed E-state index contributed by atoms with van der Waals surface area (Å²) in [5.41, 5.74) is 0. The molecule has 1 heteroatoms. The Kier molecular flexibility index (Phi) is 0.883. The molecule has 1 N–H and O–H groups in total. The van der Waals surface area contributed by atoms with E-state index in [1.54, 1.807) is 0 Å². The van der Waals surface area contributed by atoms with Crippen molar-refractivity contribution in [2.45, 2.75) is 31.8 Å². The Bertz CT molecular complexity index is 156. The highest BCUT2D eigenvalue weighted by Crippen LogP contribution is 2.59. The topological polar surface area (TPSA) is 20.2 Å². The van der Waals surface area contributed by atoms with Gasteiger partial charge in [0.2, 0.25) is 0 Å². The molecule has 0 amide bonds. The van der Waals surface area contributed by atoms with Crippen molar-refractivity contribution in [1.29, 1.82) is 0 Å². The van der Waals surface area contributed by atoms with Gasteiger partial charge >= 0.3 is 0 Å². The molecule has 0 aromatic heterocycles. The predicted octanol–water partition coefficient (Wildman–Crippen LogP) is 1.41. The number of aliphatic hydroxyl groups excluding tert-OH is 1. The van der Waals surface area contributed by atoms with E-state index in [-0.39, 0.29) is 6.10 Å². The van der Waals surface area contributed by atoms with Gasteiger partial charge in [-0.3, -0.25) is 0 Å². The van der Waals surface area contributed by atoms with Crippen molar-refractivity contribution in [3.63, 3.8) is 0 Å². The lowest BCUT2D eigenvalue weighted by atomic mass is 9.69. The maximum absolute atomic E-state index is 9.71. The van der Waals surface area contributed by atoms with Gasteiger partial charge in [0.25, 0.3) is 0 Å². The molecule has 56 valence electrons. The van der Waals surface area contributed by atoms with Gasteiger partial charge in [0, 0.05) is 0 Å². The molecule has 4 saturated carbocycles. The Morgan fingerprint density at radius 2 is 1.80 bits per heavy atom. The Balaban J connectivity index is 2.01. The number of rotatable bonds is 0. The van der Waals surface area contributed by atoms with Crippen LogP contribution >= 0.6 is 0 Å². The van der Waals surface area contributed by atoms with Crippen molar-refractivity contribution in [3.8, 4) is 0 Å². The molecule has 4 rings (SSSR count). The number of hydrogen-bond acceptors (Lipinski definition) is 1. The average molecular weight is 138 g/mol. The quantitative estimate of drug-likeness (QED) is 0.536. The second kappa shape index (κ2) is 1.58. The molecule has 0 aromatic carbocycles. The third-order valence-electron chi connectivity index (χ3n) is 4.14. The molecule has 0 heterocycles. The summed E-state index contributed by atoms with van der Waals surface area (Å²) in [4.78, 5) is 0.